The van der Waals surface area contributed by atoms with Gasteiger partial charge in [0.1, 0.15) is 5.01 Å². The van der Waals surface area contributed by atoms with Crippen LogP contribution in [0.5, 0.6) is 0 Å². The van der Waals surface area contributed by atoms with E-state index in [4.69, 9.17) is 0 Å². The summed E-state index contributed by atoms with van der Waals surface area (Å²) in [5.41, 5.74) is 2.12. The van der Waals surface area contributed by atoms with Gasteiger partial charge in [-0.05, 0) is 25.1 Å². The van der Waals surface area contributed by atoms with Crippen molar-refractivity contribution in [1.29, 1.82) is 0 Å². The number of fused-ring (bicyclic) bond motifs is 1. The summed E-state index contributed by atoms with van der Waals surface area (Å²) in [7, 11) is 0. The Bertz CT molecular complexity index is 614. The van der Waals surface area contributed by atoms with E-state index in [1.807, 2.05) is 17.8 Å². The Labute approximate surface area is 103 Å². The zero-order chi connectivity index (χ0) is 11.7. The third-order valence-corrected chi connectivity index (χ3v) is 3.61. The number of benzene rings is 1. The monoisotopic (exact) mass is 244 g/mol. The SMILES string of the molecule is CC(Nc1ccc2cn[nH]c2c1)c1nccs1. The summed E-state index contributed by atoms with van der Waals surface area (Å²) in [5.74, 6) is 0. The lowest BCUT2D eigenvalue weighted by Gasteiger charge is -2.12. The number of thiazole rings is 1. The lowest BCUT2D eigenvalue weighted by molar-refractivity contribution is 0.870. The van der Waals surface area contributed by atoms with E-state index in [0.717, 1.165) is 21.6 Å². The number of nitrogens with one attached hydrogen (secondary N) is 2. The van der Waals surface area contributed by atoms with Crippen molar-refractivity contribution in [3.05, 3.63) is 41.0 Å². The van der Waals surface area contributed by atoms with Crippen molar-refractivity contribution in [2.24, 2.45) is 0 Å². The second-order valence-corrected chi connectivity index (χ2v) is 4.83. The number of hydrogen-bond donors (Lipinski definition) is 2. The minimum Gasteiger partial charge on any atom is -0.376 e. The van der Waals surface area contributed by atoms with Gasteiger partial charge in [0.15, 0.2) is 0 Å². The molecule has 1 atom stereocenters. The van der Waals surface area contributed by atoms with Gasteiger partial charge in [-0.25, -0.2) is 4.98 Å². The molecule has 0 saturated heterocycles. The van der Waals surface area contributed by atoms with Crippen LogP contribution in [0, 0.1) is 0 Å². The van der Waals surface area contributed by atoms with E-state index in [1.165, 1.54) is 0 Å². The van der Waals surface area contributed by atoms with Crippen LogP contribution in [0.1, 0.15) is 18.0 Å². The Balaban J connectivity index is 1.84. The molecule has 2 N–H and O–H groups in total. The van der Waals surface area contributed by atoms with Crippen LogP contribution < -0.4 is 5.32 Å². The average Bonchev–Trinajstić information content (AvgIpc) is 2.99. The van der Waals surface area contributed by atoms with Gasteiger partial charge in [0.25, 0.3) is 0 Å². The molecule has 0 spiro atoms. The first-order chi connectivity index (χ1) is 8.33. The fraction of sp³-hybridized carbons (Fsp3) is 0.167. The van der Waals surface area contributed by atoms with Gasteiger partial charge in [-0.3, -0.25) is 5.10 Å². The molecule has 4 nitrogen and oxygen atoms in total. The van der Waals surface area contributed by atoms with E-state index in [1.54, 1.807) is 11.3 Å². The van der Waals surface area contributed by atoms with Gasteiger partial charge in [0.05, 0.1) is 17.8 Å². The quantitative estimate of drug-likeness (QED) is 0.744. The second-order valence-electron chi connectivity index (χ2n) is 3.91. The molecule has 86 valence electrons. The molecule has 1 unspecified atom stereocenters. The largest absolute Gasteiger partial charge is 0.376 e. The minimum atomic E-state index is 0.218. The van der Waals surface area contributed by atoms with Crippen molar-refractivity contribution in [2.75, 3.05) is 5.32 Å². The topological polar surface area (TPSA) is 53.6 Å². The summed E-state index contributed by atoms with van der Waals surface area (Å²) < 4.78 is 0. The van der Waals surface area contributed by atoms with E-state index >= 15 is 0 Å². The van der Waals surface area contributed by atoms with Crippen molar-refractivity contribution in [1.82, 2.24) is 15.2 Å². The van der Waals surface area contributed by atoms with Crippen molar-refractivity contribution < 1.29 is 0 Å². The van der Waals surface area contributed by atoms with Crippen LogP contribution >= 0.6 is 11.3 Å². The molecule has 3 rings (SSSR count). The smallest absolute Gasteiger partial charge is 0.115 e. The molecule has 0 bridgehead atoms. The van der Waals surface area contributed by atoms with Gasteiger partial charge in [-0.2, -0.15) is 5.10 Å². The van der Waals surface area contributed by atoms with Gasteiger partial charge in [-0.1, -0.05) is 0 Å². The summed E-state index contributed by atoms with van der Waals surface area (Å²) >= 11 is 1.66. The number of aromatic nitrogens is 3. The number of rotatable bonds is 3. The third-order valence-electron chi connectivity index (χ3n) is 2.65. The van der Waals surface area contributed by atoms with Gasteiger partial charge >= 0.3 is 0 Å². The lowest BCUT2D eigenvalue weighted by atomic mass is 10.2. The van der Waals surface area contributed by atoms with E-state index in [-0.39, 0.29) is 6.04 Å². The molecule has 0 aliphatic rings. The van der Waals surface area contributed by atoms with Crippen molar-refractivity contribution >= 4 is 27.9 Å². The molecule has 2 aromatic heterocycles. The van der Waals surface area contributed by atoms with E-state index in [0.29, 0.717) is 0 Å². The first-order valence-electron chi connectivity index (χ1n) is 5.42. The van der Waals surface area contributed by atoms with Crippen LogP contribution in [-0.2, 0) is 0 Å². The van der Waals surface area contributed by atoms with E-state index < -0.39 is 0 Å². The van der Waals surface area contributed by atoms with Crippen LogP contribution in [0.15, 0.2) is 36.0 Å². The second kappa shape index (κ2) is 4.18. The molecular formula is C12H12N4S. The van der Waals surface area contributed by atoms with Gasteiger partial charge in [0.2, 0.25) is 0 Å². The highest BCUT2D eigenvalue weighted by molar-refractivity contribution is 7.09. The highest BCUT2D eigenvalue weighted by atomic mass is 32.1. The summed E-state index contributed by atoms with van der Waals surface area (Å²) in [6, 6.07) is 6.39. The van der Waals surface area contributed by atoms with Crippen molar-refractivity contribution in [3.8, 4) is 0 Å². The maximum Gasteiger partial charge on any atom is 0.115 e. The van der Waals surface area contributed by atoms with E-state index in [9.17, 15) is 0 Å². The van der Waals surface area contributed by atoms with Gasteiger partial charge in [-0.15, -0.1) is 11.3 Å². The zero-order valence-electron chi connectivity index (χ0n) is 9.34. The van der Waals surface area contributed by atoms with E-state index in [2.05, 4.69) is 45.6 Å². The Hall–Kier alpha value is -1.88. The molecule has 0 amide bonds. The fourth-order valence-electron chi connectivity index (χ4n) is 1.79. The third kappa shape index (κ3) is 2.01. The molecule has 2 heterocycles. The van der Waals surface area contributed by atoms with Crippen LogP contribution in [0.4, 0.5) is 5.69 Å². The van der Waals surface area contributed by atoms with Crippen molar-refractivity contribution in [2.45, 2.75) is 13.0 Å². The molecule has 3 aromatic rings. The maximum absolute atomic E-state index is 4.30. The highest BCUT2D eigenvalue weighted by Crippen LogP contribution is 2.23. The van der Waals surface area contributed by atoms with Gasteiger partial charge < -0.3 is 5.32 Å². The predicted molar refractivity (Wildman–Crippen MR) is 70.2 cm³/mol. The summed E-state index contributed by atoms with van der Waals surface area (Å²) in [6.07, 6.45) is 3.65. The summed E-state index contributed by atoms with van der Waals surface area (Å²) in [4.78, 5) is 4.30. The number of anilines is 1. The van der Waals surface area contributed by atoms with Crippen LogP contribution in [0.3, 0.4) is 0 Å². The number of nitrogens with zero attached hydrogens (tertiary/aromatic N) is 2. The van der Waals surface area contributed by atoms with Gasteiger partial charge in [0, 0.05) is 22.7 Å². The molecular weight excluding hydrogens is 232 g/mol. The summed E-state index contributed by atoms with van der Waals surface area (Å²) in [5, 5.41) is 14.6. The lowest BCUT2D eigenvalue weighted by Crippen LogP contribution is -2.05. The molecule has 0 aliphatic carbocycles. The standard InChI is InChI=1S/C12H12N4S/c1-8(12-13-4-5-17-12)15-10-3-2-9-7-14-16-11(9)6-10/h2-8,15H,1H3,(H,14,16). The molecule has 17 heavy (non-hydrogen) atoms. The first-order valence-corrected chi connectivity index (χ1v) is 6.30. The number of aromatic amines is 1. The zero-order valence-corrected chi connectivity index (χ0v) is 10.2. The maximum atomic E-state index is 4.30. The average molecular weight is 244 g/mol. The Morgan fingerprint density at radius 3 is 3.18 bits per heavy atom. The van der Waals surface area contributed by atoms with Crippen LogP contribution in [0.25, 0.3) is 10.9 Å². The molecule has 0 fully saturated rings. The van der Waals surface area contributed by atoms with Crippen molar-refractivity contribution in [3.63, 3.8) is 0 Å². The summed E-state index contributed by atoms with van der Waals surface area (Å²) in [6.45, 7) is 2.11. The fourth-order valence-corrected chi connectivity index (χ4v) is 2.43. The Kier molecular flexibility index (Phi) is 2.53. The Morgan fingerprint density at radius 2 is 2.35 bits per heavy atom. The molecule has 5 heteroatoms. The minimum absolute atomic E-state index is 0.218. The molecule has 0 aliphatic heterocycles. The van der Waals surface area contributed by atoms with Crippen LogP contribution in [0.2, 0.25) is 0 Å². The number of hydrogen-bond acceptors (Lipinski definition) is 4. The highest BCUT2D eigenvalue weighted by Gasteiger charge is 2.07. The Morgan fingerprint density at radius 1 is 1.41 bits per heavy atom. The first kappa shape index (κ1) is 10.3. The molecule has 1 aromatic carbocycles. The molecule has 0 radical (unpaired) electrons. The molecule has 0 saturated carbocycles. The number of H-pyrrole nitrogens is 1. The van der Waals surface area contributed by atoms with Crippen LogP contribution in [-0.4, -0.2) is 15.2 Å². The normalized spacial score (nSPS) is 12.8. The predicted octanol–water partition coefficient (Wildman–Crippen LogP) is 3.19.